The zero-order chi connectivity index (χ0) is 26.4. The topological polar surface area (TPSA) is 94.9 Å². The first-order chi connectivity index (χ1) is 17.1. The second-order valence-electron chi connectivity index (χ2n) is 9.87. The number of rotatable bonds is 10. The van der Waals surface area contributed by atoms with E-state index in [4.69, 9.17) is 15.2 Å². The molecule has 3 rings (SSSR count). The van der Waals surface area contributed by atoms with Gasteiger partial charge in [-0.15, -0.1) is 0 Å². The monoisotopic (exact) mass is 515 g/mol. The molecule has 9 nitrogen and oxygen atoms in total. The number of nitrogens with zero attached hydrogens (tertiary/aromatic N) is 3. The van der Waals surface area contributed by atoms with Gasteiger partial charge in [-0.05, 0) is 59.4 Å². The van der Waals surface area contributed by atoms with Gasteiger partial charge in [0.25, 0.3) is 8.53 Å². The highest BCUT2D eigenvalue weighted by atomic mass is 31.2. The SMILES string of the molecule is [2H]CC1OC(n2ccc(NC(C)=O)nc2=O)C(F)C1OP(OCC1CCCCC1)N(C(C)C)C(C)C. The van der Waals surface area contributed by atoms with Crippen molar-refractivity contribution in [3.05, 3.63) is 22.7 Å². The minimum Gasteiger partial charge on any atom is -0.349 e. The molecule has 5 unspecified atom stereocenters. The summed E-state index contributed by atoms with van der Waals surface area (Å²) in [5.74, 6) is 0.163. The Morgan fingerprint density at radius 1 is 1.34 bits per heavy atom. The third-order valence-corrected chi connectivity index (χ3v) is 8.37. The van der Waals surface area contributed by atoms with Crippen molar-refractivity contribution in [2.75, 3.05) is 11.9 Å². The van der Waals surface area contributed by atoms with Crippen LogP contribution in [-0.2, 0) is 18.6 Å². The highest BCUT2D eigenvalue weighted by Crippen LogP contribution is 2.51. The Hall–Kier alpha value is -1.45. The zero-order valence-corrected chi connectivity index (χ0v) is 22.2. The van der Waals surface area contributed by atoms with Crippen LogP contribution in [0.15, 0.2) is 17.1 Å². The standard InChI is InChI=1S/C24H40FN4O5P/c1-15(2)29(16(3)4)35(32-14-19-10-8-7-9-11-19)34-22-17(5)33-23(21(22)25)28-13-12-20(26-18(6)30)27-24(28)31/h12-13,15-17,19,21-23H,7-11,14H2,1-6H3,(H,26,27,30,31)/i5D. The molecule has 11 heteroatoms. The van der Waals surface area contributed by atoms with E-state index in [-0.39, 0.29) is 30.7 Å². The van der Waals surface area contributed by atoms with Crippen LogP contribution < -0.4 is 11.0 Å². The fourth-order valence-electron chi connectivity index (χ4n) is 4.65. The van der Waals surface area contributed by atoms with E-state index in [0.717, 1.165) is 17.4 Å². The van der Waals surface area contributed by atoms with E-state index < -0.39 is 38.8 Å². The smallest absolute Gasteiger partial charge is 0.349 e. The summed E-state index contributed by atoms with van der Waals surface area (Å²) < 4.78 is 45.4. The third-order valence-electron chi connectivity index (χ3n) is 6.28. The zero-order valence-electron chi connectivity index (χ0n) is 22.4. The van der Waals surface area contributed by atoms with E-state index in [1.54, 1.807) is 0 Å². The molecule has 1 aromatic rings. The van der Waals surface area contributed by atoms with Gasteiger partial charge in [0.05, 0.1) is 12.7 Å². The largest absolute Gasteiger partial charge is 0.351 e. The number of alkyl halides is 1. The molecule has 35 heavy (non-hydrogen) atoms. The van der Waals surface area contributed by atoms with Crippen molar-refractivity contribution in [1.82, 2.24) is 14.2 Å². The summed E-state index contributed by atoms with van der Waals surface area (Å²) in [6, 6.07) is 1.60. The van der Waals surface area contributed by atoms with Gasteiger partial charge >= 0.3 is 5.69 Å². The minimum absolute atomic E-state index is 0.0751. The first kappa shape index (κ1) is 26.6. The molecule has 1 aromatic heterocycles. The molecule has 1 saturated carbocycles. The summed E-state index contributed by atoms with van der Waals surface area (Å²) in [6.07, 6.45) is 2.25. The van der Waals surface area contributed by atoms with Crippen LogP contribution in [0.3, 0.4) is 0 Å². The Balaban J connectivity index is 1.80. The van der Waals surface area contributed by atoms with E-state index in [2.05, 4.69) is 15.0 Å². The molecular formula is C24H40FN4O5P. The van der Waals surface area contributed by atoms with Crippen molar-refractivity contribution in [2.24, 2.45) is 5.92 Å². The fraction of sp³-hybridized carbons (Fsp3) is 0.792. The van der Waals surface area contributed by atoms with Gasteiger partial charge < -0.3 is 19.1 Å². The van der Waals surface area contributed by atoms with Crippen molar-refractivity contribution < 1.29 is 24.3 Å². The Labute approximate surface area is 210 Å². The lowest BCUT2D eigenvalue weighted by Crippen LogP contribution is -2.38. The first-order valence-corrected chi connectivity index (χ1v) is 13.6. The van der Waals surface area contributed by atoms with Crippen molar-refractivity contribution in [3.63, 3.8) is 0 Å². The number of ether oxygens (including phenoxy) is 1. The molecule has 1 aliphatic carbocycles. The molecule has 0 aromatic carbocycles. The van der Waals surface area contributed by atoms with Gasteiger partial charge in [-0.3, -0.25) is 9.36 Å². The number of aromatic nitrogens is 2. The quantitative estimate of drug-likeness (QED) is 0.448. The van der Waals surface area contributed by atoms with Crippen LogP contribution in [0.2, 0.25) is 0 Å². The molecule has 5 atom stereocenters. The van der Waals surface area contributed by atoms with E-state index in [1.165, 1.54) is 38.4 Å². The lowest BCUT2D eigenvalue weighted by atomic mass is 9.90. The first-order valence-electron chi connectivity index (χ1n) is 13.2. The average molecular weight is 516 g/mol. The number of carbonyl (C=O) groups is 1. The molecule has 1 N–H and O–H groups in total. The lowest BCUT2D eigenvalue weighted by Gasteiger charge is -2.38. The molecule has 0 radical (unpaired) electrons. The Bertz CT molecular complexity index is 909. The van der Waals surface area contributed by atoms with Crippen LogP contribution >= 0.6 is 8.53 Å². The summed E-state index contributed by atoms with van der Waals surface area (Å²) in [7, 11) is -1.63. The van der Waals surface area contributed by atoms with Gasteiger partial charge in [0.2, 0.25) is 5.91 Å². The van der Waals surface area contributed by atoms with Crippen LogP contribution in [-0.4, -0.2) is 57.2 Å². The van der Waals surface area contributed by atoms with Gasteiger partial charge in [0, 0.05) is 26.6 Å². The molecule has 2 fully saturated rings. The van der Waals surface area contributed by atoms with E-state index in [0.29, 0.717) is 12.5 Å². The molecule has 1 aliphatic heterocycles. The molecule has 0 spiro atoms. The summed E-state index contributed by atoms with van der Waals surface area (Å²) in [6.45, 7) is 9.82. The predicted octanol–water partition coefficient (Wildman–Crippen LogP) is 4.78. The number of nitrogens with one attached hydrogen (secondary N) is 1. The highest BCUT2D eigenvalue weighted by molar-refractivity contribution is 7.44. The fourth-order valence-corrected chi connectivity index (χ4v) is 6.51. The third kappa shape index (κ3) is 7.29. The maximum Gasteiger partial charge on any atom is 0.351 e. The van der Waals surface area contributed by atoms with Crippen LogP contribution in [0.4, 0.5) is 10.2 Å². The van der Waals surface area contributed by atoms with Crippen LogP contribution in [0.5, 0.6) is 0 Å². The van der Waals surface area contributed by atoms with Crippen LogP contribution in [0.1, 0.15) is 81.2 Å². The second-order valence-corrected chi connectivity index (χ2v) is 11.3. The highest BCUT2D eigenvalue weighted by Gasteiger charge is 2.48. The van der Waals surface area contributed by atoms with E-state index >= 15 is 4.39 Å². The lowest BCUT2D eigenvalue weighted by molar-refractivity contribution is -0.114. The Morgan fingerprint density at radius 2 is 2.03 bits per heavy atom. The number of halogens is 1. The number of hydrogen-bond acceptors (Lipinski definition) is 7. The molecule has 1 amide bonds. The summed E-state index contributed by atoms with van der Waals surface area (Å²) >= 11 is 0. The maximum atomic E-state index is 15.8. The van der Waals surface area contributed by atoms with Gasteiger partial charge in [-0.1, -0.05) is 19.3 Å². The number of amides is 1. The number of hydrogen-bond donors (Lipinski definition) is 1. The van der Waals surface area contributed by atoms with Crippen LogP contribution in [0, 0.1) is 5.92 Å². The van der Waals surface area contributed by atoms with Crippen LogP contribution in [0.25, 0.3) is 0 Å². The van der Waals surface area contributed by atoms with Crippen molar-refractivity contribution >= 4 is 20.3 Å². The molecular weight excluding hydrogens is 474 g/mol. The van der Waals surface area contributed by atoms with Gasteiger partial charge in [0.15, 0.2) is 12.4 Å². The van der Waals surface area contributed by atoms with Gasteiger partial charge in [-0.25, -0.2) is 13.9 Å². The normalized spacial score (nSPS) is 26.9. The predicted molar refractivity (Wildman–Crippen MR) is 134 cm³/mol. The molecule has 0 bridgehead atoms. The summed E-state index contributed by atoms with van der Waals surface area (Å²) in [5, 5.41) is 2.43. The van der Waals surface area contributed by atoms with E-state index in [1.807, 2.05) is 27.7 Å². The minimum atomic E-state index is -1.71. The molecule has 198 valence electrons. The van der Waals surface area contributed by atoms with Crippen molar-refractivity contribution in [3.8, 4) is 0 Å². The average Bonchev–Trinajstić information content (AvgIpc) is 3.12. The molecule has 2 heterocycles. The molecule has 2 aliphatic rings. The maximum absolute atomic E-state index is 15.8. The van der Waals surface area contributed by atoms with Crippen molar-refractivity contribution in [2.45, 2.75) is 110 Å². The second kappa shape index (κ2) is 12.7. The Kier molecular flexibility index (Phi) is 9.64. The summed E-state index contributed by atoms with van der Waals surface area (Å²) in [4.78, 5) is 27.6. The van der Waals surface area contributed by atoms with Gasteiger partial charge in [-0.2, -0.15) is 4.98 Å². The Morgan fingerprint density at radius 3 is 2.60 bits per heavy atom. The van der Waals surface area contributed by atoms with Crippen molar-refractivity contribution in [1.29, 1.82) is 0 Å². The number of anilines is 1. The number of carbonyl (C=O) groups excluding carboxylic acids is 1. The summed E-state index contributed by atoms with van der Waals surface area (Å²) in [5.41, 5.74) is -0.764. The van der Waals surface area contributed by atoms with Gasteiger partial charge in [0.1, 0.15) is 11.9 Å². The van der Waals surface area contributed by atoms with E-state index in [9.17, 15) is 9.59 Å². The molecule has 1 saturated heterocycles.